The molecule has 0 unspecified atom stereocenters. The third kappa shape index (κ3) is 6.77. The summed E-state index contributed by atoms with van der Waals surface area (Å²) in [6.07, 6.45) is 1.10. The van der Waals surface area contributed by atoms with Crippen LogP contribution in [0.15, 0.2) is 42.5 Å². The number of carbonyl (C=O) groups excluding carboxylic acids is 2. The number of likely N-dealkylation sites (tertiary alicyclic amines) is 1. The monoisotopic (exact) mass is 490 g/mol. The van der Waals surface area contributed by atoms with Crippen molar-refractivity contribution in [3.63, 3.8) is 0 Å². The molecule has 3 rings (SSSR count). The van der Waals surface area contributed by atoms with Crippen LogP contribution in [0.1, 0.15) is 49.8 Å². The zero-order valence-corrected chi connectivity index (χ0v) is 19.8. The number of aliphatic carboxylic acids is 1. The summed E-state index contributed by atoms with van der Waals surface area (Å²) in [6.45, 7) is 3.06. The molecule has 182 valence electrons. The van der Waals surface area contributed by atoms with Crippen LogP contribution in [0.3, 0.4) is 0 Å². The highest BCUT2D eigenvalue weighted by molar-refractivity contribution is 6.30. The molecule has 1 aliphatic rings. The van der Waals surface area contributed by atoms with Gasteiger partial charge in [-0.2, -0.15) is 0 Å². The van der Waals surface area contributed by atoms with E-state index in [0.29, 0.717) is 23.7 Å². The van der Waals surface area contributed by atoms with E-state index in [2.05, 4.69) is 0 Å². The number of hydrogen-bond acceptors (Lipinski definition) is 5. The van der Waals surface area contributed by atoms with E-state index in [1.807, 2.05) is 24.0 Å². The van der Waals surface area contributed by atoms with Gasteiger partial charge < -0.3 is 9.84 Å². The second-order valence-corrected chi connectivity index (χ2v) is 8.62. The Hall–Kier alpha value is -2.97. The predicted molar refractivity (Wildman–Crippen MR) is 125 cm³/mol. The number of carbonyl (C=O) groups is 3. The molecule has 1 saturated heterocycles. The van der Waals surface area contributed by atoms with E-state index in [4.69, 9.17) is 16.3 Å². The van der Waals surface area contributed by atoms with E-state index < -0.39 is 17.8 Å². The van der Waals surface area contributed by atoms with Crippen LogP contribution in [0.2, 0.25) is 5.02 Å². The first-order valence-corrected chi connectivity index (χ1v) is 11.6. The number of benzene rings is 2. The van der Waals surface area contributed by atoms with Crippen LogP contribution < -0.4 is 4.74 Å². The molecular weight excluding hydrogens is 463 g/mol. The zero-order valence-electron chi connectivity index (χ0n) is 19.0. The van der Waals surface area contributed by atoms with Crippen molar-refractivity contribution in [1.82, 2.24) is 9.80 Å². The number of rotatable bonds is 12. The van der Waals surface area contributed by atoms with Crippen LogP contribution in [0, 0.1) is 5.82 Å². The lowest BCUT2D eigenvalue weighted by atomic mass is 10.0. The highest BCUT2D eigenvalue weighted by Crippen LogP contribution is 2.29. The molecular formula is C25H28ClFN2O5. The summed E-state index contributed by atoms with van der Waals surface area (Å²) in [5.41, 5.74) is 1.50. The van der Waals surface area contributed by atoms with Crippen molar-refractivity contribution in [2.75, 3.05) is 19.7 Å². The minimum atomic E-state index is -0.925. The molecule has 1 atom stereocenters. The Morgan fingerprint density at radius 2 is 1.85 bits per heavy atom. The Morgan fingerprint density at radius 3 is 2.44 bits per heavy atom. The van der Waals surface area contributed by atoms with Gasteiger partial charge in [-0.1, -0.05) is 36.7 Å². The molecule has 2 amide bonds. The summed E-state index contributed by atoms with van der Waals surface area (Å²) in [6, 6.07) is 11.3. The minimum Gasteiger partial charge on any atom is -0.489 e. The van der Waals surface area contributed by atoms with Gasteiger partial charge in [0.15, 0.2) is 11.6 Å². The maximum atomic E-state index is 14.7. The van der Waals surface area contributed by atoms with Crippen LogP contribution in [-0.2, 0) is 20.9 Å². The Bertz CT molecular complexity index is 1010. The molecule has 0 radical (unpaired) electrons. The molecule has 0 saturated carbocycles. The van der Waals surface area contributed by atoms with E-state index in [9.17, 15) is 23.9 Å². The molecule has 0 aromatic heterocycles. The number of carboxylic acids is 1. The molecule has 2 aromatic rings. The van der Waals surface area contributed by atoms with Gasteiger partial charge in [0.25, 0.3) is 0 Å². The Morgan fingerprint density at radius 1 is 1.18 bits per heavy atom. The van der Waals surface area contributed by atoms with Gasteiger partial charge in [-0.15, -0.1) is 0 Å². The fourth-order valence-corrected chi connectivity index (χ4v) is 4.18. The molecule has 7 nitrogen and oxygen atoms in total. The minimum absolute atomic E-state index is 0.00690. The number of nitrogens with zero attached hydrogens (tertiary/aromatic N) is 2. The number of halogens is 2. The molecule has 2 aromatic carbocycles. The molecule has 1 heterocycles. The molecule has 1 aliphatic heterocycles. The summed E-state index contributed by atoms with van der Waals surface area (Å²) in [7, 11) is 0. The number of hydrogen-bond donors (Lipinski definition) is 1. The first kappa shape index (κ1) is 25.6. The lowest BCUT2D eigenvalue weighted by molar-refractivity contribution is -0.140. The molecule has 0 aliphatic carbocycles. The van der Waals surface area contributed by atoms with Crippen molar-refractivity contribution in [1.29, 1.82) is 0 Å². The van der Waals surface area contributed by atoms with Crippen molar-refractivity contribution in [3.05, 3.63) is 64.4 Å². The van der Waals surface area contributed by atoms with Gasteiger partial charge >= 0.3 is 5.97 Å². The van der Waals surface area contributed by atoms with E-state index in [-0.39, 0.29) is 50.0 Å². The highest BCUT2D eigenvalue weighted by atomic mass is 35.5. The summed E-state index contributed by atoms with van der Waals surface area (Å²) in [5, 5.41) is 10.0. The summed E-state index contributed by atoms with van der Waals surface area (Å²) in [4.78, 5) is 38.0. The topological polar surface area (TPSA) is 87.2 Å². The molecule has 0 bridgehead atoms. The quantitative estimate of drug-likeness (QED) is 0.443. The zero-order chi connectivity index (χ0) is 24.7. The van der Waals surface area contributed by atoms with Gasteiger partial charge in [-0.3, -0.25) is 24.2 Å². The normalized spacial score (nSPS) is 14.6. The smallest absolute Gasteiger partial charge is 0.305 e. The third-order valence-corrected chi connectivity index (χ3v) is 5.94. The standard InChI is InChI=1S/C25H28ClFN2O5/c1-2-11-28(21(15-25(32)33)18-4-6-19(26)7-5-18)16-17-3-8-22(20(27)14-17)34-13-12-29-23(30)9-10-24(29)31/h3-8,14,21H,2,9-13,15-16H2,1H3,(H,32,33)/t21-/m1/s1. The Kier molecular flexibility index (Phi) is 9.01. The van der Waals surface area contributed by atoms with Crippen molar-refractivity contribution in [2.45, 2.75) is 45.2 Å². The third-order valence-electron chi connectivity index (χ3n) is 5.68. The van der Waals surface area contributed by atoms with E-state index in [0.717, 1.165) is 16.9 Å². The van der Waals surface area contributed by atoms with Crippen LogP contribution >= 0.6 is 11.6 Å². The van der Waals surface area contributed by atoms with E-state index in [1.165, 1.54) is 12.1 Å². The molecule has 34 heavy (non-hydrogen) atoms. The lowest BCUT2D eigenvalue weighted by Gasteiger charge is -2.31. The Labute approximate surface area is 203 Å². The van der Waals surface area contributed by atoms with Crippen LogP contribution in [0.25, 0.3) is 0 Å². The first-order chi connectivity index (χ1) is 16.3. The van der Waals surface area contributed by atoms with Crippen molar-refractivity contribution in [2.24, 2.45) is 0 Å². The molecule has 0 spiro atoms. The van der Waals surface area contributed by atoms with Crippen LogP contribution in [0.4, 0.5) is 4.39 Å². The lowest BCUT2D eigenvalue weighted by Crippen LogP contribution is -2.33. The first-order valence-electron chi connectivity index (χ1n) is 11.2. The van der Waals surface area contributed by atoms with Gasteiger partial charge in [-0.25, -0.2) is 4.39 Å². The van der Waals surface area contributed by atoms with Gasteiger partial charge in [0.2, 0.25) is 11.8 Å². The number of amides is 2. The highest BCUT2D eigenvalue weighted by Gasteiger charge is 2.28. The van der Waals surface area contributed by atoms with Gasteiger partial charge in [0.1, 0.15) is 6.61 Å². The maximum absolute atomic E-state index is 14.7. The molecule has 9 heteroatoms. The SMILES string of the molecule is CCCN(Cc1ccc(OCCN2C(=O)CCC2=O)c(F)c1)[C@H](CC(=O)O)c1ccc(Cl)cc1. The average Bonchev–Trinajstić information content (AvgIpc) is 3.11. The molecule has 1 N–H and O–H groups in total. The average molecular weight is 491 g/mol. The summed E-state index contributed by atoms with van der Waals surface area (Å²) < 4.78 is 20.2. The second-order valence-electron chi connectivity index (χ2n) is 8.19. The van der Waals surface area contributed by atoms with Crippen LogP contribution in [-0.4, -0.2) is 52.4 Å². The van der Waals surface area contributed by atoms with Crippen molar-refractivity contribution < 1.29 is 28.6 Å². The van der Waals surface area contributed by atoms with Gasteiger partial charge in [0, 0.05) is 30.5 Å². The number of imide groups is 1. The Balaban J connectivity index is 1.69. The van der Waals surface area contributed by atoms with Crippen molar-refractivity contribution >= 4 is 29.4 Å². The van der Waals surface area contributed by atoms with E-state index in [1.54, 1.807) is 18.2 Å². The van der Waals surface area contributed by atoms with Crippen molar-refractivity contribution in [3.8, 4) is 5.75 Å². The fourth-order valence-electron chi connectivity index (χ4n) is 4.05. The van der Waals surface area contributed by atoms with E-state index >= 15 is 0 Å². The van der Waals surface area contributed by atoms with Gasteiger partial charge in [0.05, 0.1) is 13.0 Å². The maximum Gasteiger partial charge on any atom is 0.305 e. The van der Waals surface area contributed by atoms with Gasteiger partial charge in [-0.05, 0) is 48.4 Å². The largest absolute Gasteiger partial charge is 0.489 e. The summed E-state index contributed by atoms with van der Waals surface area (Å²) >= 11 is 5.99. The molecule has 1 fully saturated rings. The van der Waals surface area contributed by atoms with Crippen LogP contribution in [0.5, 0.6) is 5.75 Å². The fraction of sp³-hybridized carbons (Fsp3) is 0.400. The number of ether oxygens (including phenoxy) is 1. The second kappa shape index (κ2) is 11.9. The number of carboxylic acid groups (broad SMARTS) is 1. The predicted octanol–water partition coefficient (Wildman–Crippen LogP) is 4.43. The summed E-state index contributed by atoms with van der Waals surface area (Å²) in [5.74, 6) is -1.93.